The first-order chi connectivity index (χ1) is 9.38. The van der Waals surface area contributed by atoms with E-state index < -0.39 is 41.6 Å². The zero-order chi connectivity index (χ0) is 14.9. The number of ether oxygens (including phenoxy) is 1. The van der Waals surface area contributed by atoms with Gasteiger partial charge in [0.05, 0.1) is 6.10 Å². The second-order valence-electron chi connectivity index (χ2n) is 4.33. The standard InChI is InChI=1S/C12H11F4NO3/c13-8-3-7(20-12(15)16)4-9(14)10(8)11(19)17-2-1-6(18)5-17/h3-4,6,12,18H,1-2,5H2/t6-/m1/s1. The van der Waals surface area contributed by atoms with Crippen LogP contribution in [0.1, 0.15) is 16.8 Å². The smallest absolute Gasteiger partial charge is 0.387 e. The maximum atomic E-state index is 13.7. The molecule has 0 radical (unpaired) electrons. The van der Waals surface area contributed by atoms with E-state index in [1.165, 1.54) is 0 Å². The Balaban J connectivity index is 2.26. The third-order valence-corrected chi connectivity index (χ3v) is 2.91. The molecule has 0 aromatic heterocycles. The summed E-state index contributed by atoms with van der Waals surface area (Å²) in [6.07, 6.45) is -0.409. The van der Waals surface area contributed by atoms with E-state index in [0.717, 1.165) is 4.90 Å². The Bertz CT molecular complexity index is 500. The molecule has 0 saturated carbocycles. The number of β-amino-alcohol motifs (C(OH)–C–C–N with tert-alkyl or cyclic N) is 1. The first-order valence-electron chi connectivity index (χ1n) is 5.79. The van der Waals surface area contributed by atoms with Crippen LogP contribution < -0.4 is 4.74 Å². The largest absolute Gasteiger partial charge is 0.435 e. The Kier molecular flexibility index (Phi) is 4.12. The van der Waals surface area contributed by atoms with Crippen molar-refractivity contribution in [3.8, 4) is 5.75 Å². The fraction of sp³-hybridized carbons (Fsp3) is 0.417. The topological polar surface area (TPSA) is 49.8 Å². The Hall–Kier alpha value is -1.83. The average Bonchev–Trinajstić information content (AvgIpc) is 2.73. The average molecular weight is 293 g/mol. The number of carbonyl (C=O) groups is 1. The third kappa shape index (κ3) is 3.01. The summed E-state index contributed by atoms with van der Waals surface area (Å²) in [5, 5.41) is 9.29. The summed E-state index contributed by atoms with van der Waals surface area (Å²) in [6, 6.07) is 1.05. The van der Waals surface area contributed by atoms with Crippen molar-refractivity contribution >= 4 is 5.91 Å². The van der Waals surface area contributed by atoms with Crippen LogP contribution in [0.4, 0.5) is 17.6 Å². The van der Waals surface area contributed by atoms with Crippen molar-refractivity contribution in [2.45, 2.75) is 19.1 Å². The highest BCUT2D eigenvalue weighted by molar-refractivity contribution is 5.95. The number of halogens is 4. The highest BCUT2D eigenvalue weighted by atomic mass is 19.3. The summed E-state index contributed by atoms with van der Waals surface area (Å²) in [6.45, 7) is -3.06. The molecule has 1 aliphatic rings. The lowest BCUT2D eigenvalue weighted by atomic mass is 10.1. The molecule has 2 rings (SSSR count). The van der Waals surface area contributed by atoms with Gasteiger partial charge in [0.1, 0.15) is 22.9 Å². The number of hydrogen-bond donors (Lipinski definition) is 1. The summed E-state index contributed by atoms with van der Waals surface area (Å²) in [5.74, 6) is -4.20. The number of benzene rings is 1. The van der Waals surface area contributed by atoms with Gasteiger partial charge in [-0.2, -0.15) is 8.78 Å². The molecule has 1 amide bonds. The van der Waals surface area contributed by atoms with Crippen molar-refractivity contribution in [2.75, 3.05) is 13.1 Å². The normalized spacial score (nSPS) is 18.7. The molecule has 1 saturated heterocycles. The van der Waals surface area contributed by atoms with E-state index in [1.807, 2.05) is 0 Å². The van der Waals surface area contributed by atoms with Crippen molar-refractivity contribution < 1.29 is 32.2 Å². The van der Waals surface area contributed by atoms with Crippen LogP contribution >= 0.6 is 0 Å². The molecule has 1 heterocycles. The van der Waals surface area contributed by atoms with Gasteiger partial charge in [-0.05, 0) is 6.42 Å². The van der Waals surface area contributed by atoms with Gasteiger partial charge in [0.25, 0.3) is 5.91 Å². The van der Waals surface area contributed by atoms with Crippen LogP contribution in [0.2, 0.25) is 0 Å². The van der Waals surface area contributed by atoms with Crippen molar-refractivity contribution in [1.82, 2.24) is 4.90 Å². The lowest BCUT2D eigenvalue weighted by Crippen LogP contribution is -2.31. The van der Waals surface area contributed by atoms with Crippen molar-refractivity contribution in [3.63, 3.8) is 0 Å². The van der Waals surface area contributed by atoms with Crippen LogP contribution in [0.3, 0.4) is 0 Å². The zero-order valence-electron chi connectivity index (χ0n) is 10.2. The molecular weight excluding hydrogens is 282 g/mol. The zero-order valence-corrected chi connectivity index (χ0v) is 10.2. The molecule has 1 atom stereocenters. The van der Waals surface area contributed by atoms with Crippen LogP contribution in [0.25, 0.3) is 0 Å². The van der Waals surface area contributed by atoms with Gasteiger partial charge in [-0.15, -0.1) is 0 Å². The first-order valence-corrected chi connectivity index (χ1v) is 5.79. The minimum atomic E-state index is -3.22. The number of aliphatic hydroxyl groups is 1. The van der Waals surface area contributed by atoms with Gasteiger partial charge >= 0.3 is 6.61 Å². The van der Waals surface area contributed by atoms with E-state index in [1.54, 1.807) is 0 Å². The van der Waals surface area contributed by atoms with Crippen LogP contribution in [0.15, 0.2) is 12.1 Å². The fourth-order valence-corrected chi connectivity index (χ4v) is 2.01. The highest BCUT2D eigenvalue weighted by Crippen LogP contribution is 2.24. The number of rotatable bonds is 3. The predicted octanol–water partition coefficient (Wildman–Crippen LogP) is 1.77. The number of likely N-dealkylation sites (tertiary alicyclic amines) is 1. The number of nitrogens with zero attached hydrogens (tertiary/aromatic N) is 1. The van der Waals surface area contributed by atoms with Crippen molar-refractivity contribution in [2.24, 2.45) is 0 Å². The molecule has 20 heavy (non-hydrogen) atoms. The van der Waals surface area contributed by atoms with Gasteiger partial charge in [-0.3, -0.25) is 4.79 Å². The summed E-state index contributed by atoms with van der Waals surface area (Å²) >= 11 is 0. The maximum absolute atomic E-state index is 13.7. The first kappa shape index (κ1) is 14.6. The minimum absolute atomic E-state index is 0.0208. The molecular formula is C12H11F4NO3. The van der Waals surface area contributed by atoms with E-state index in [2.05, 4.69) is 4.74 Å². The molecule has 4 nitrogen and oxygen atoms in total. The summed E-state index contributed by atoms with van der Waals surface area (Å²) in [4.78, 5) is 13.0. The van der Waals surface area contributed by atoms with Crippen LogP contribution in [0, 0.1) is 11.6 Å². The van der Waals surface area contributed by atoms with E-state index in [0.29, 0.717) is 18.6 Å². The molecule has 0 aliphatic carbocycles. The molecule has 0 bridgehead atoms. The molecule has 8 heteroatoms. The number of hydrogen-bond acceptors (Lipinski definition) is 3. The lowest BCUT2D eigenvalue weighted by molar-refractivity contribution is -0.0501. The maximum Gasteiger partial charge on any atom is 0.387 e. The second kappa shape index (κ2) is 5.66. The minimum Gasteiger partial charge on any atom is -0.435 e. The quantitative estimate of drug-likeness (QED) is 0.864. The molecule has 1 fully saturated rings. The molecule has 0 unspecified atom stereocenters. The van der Waals surface area contributed by atoms with Gasteiger partial charge in [0.15, 0.2) is 0 Å². The van der Waals surface area contributed by atoms with Gasteiger partial charge < -0.3 is 14.7 Å². The Morgan fingerprint density at radius 3 is 2.40 bits per heavy atom. The van der Waals surface area contributed by atoms with Crippen LogP contribution in [-0.4, -0.2) is 41.7 Å². The monoisotopic (exact) mass is 293 g/mol. The molecule has 110 valence electrons. The number of alkyl halides is 2. The number of carbonyl (C=O) groups excluding carboxylic acids is 1. The van der Waals surface area contributed by atoms with Crippen LogP contribution in [-0.2, 0) is 0 Å². The molecule has 1 N–H and O–H groups in total. The van der Waals surface area contributed by atoms with Gasteiger partial charge in [-0.25, -0.2) is 8.78 Å². The van der Waals surface area contributed by atoms with E-state index in [-0.39, 0.29) is 13.1 Å². The fourth-order valence-electron chi connectivity index (χ4n) is 2.01. The van der Waals surface area contributed by atoms with E-state index in [4.69, 9.17) is 0 Å². The number of aliphatic hydroxyl groups excluding tert-OH is 1. The second-order valence-corrected chi connectivity index (χ2v) is 4.33. The summed E-state index contributed by atoms with van der Waals surface area (Å²) in [5.41, 5.74) is -0.847. The van der Waals surface area contributed by atoms with E-state index in [9.17, 15) is 27.5 Å². The molecule has 1 aliphatic heterocycles. The molecule has 0 spiro atoms. The Morgan fingerprint density at radius 1 is 1.35 bits per heavy atom. The van der Waals surface area contributed by atoms with Gasteiger partial charge in [0.2, 0.25) is 0 Å². The summed E-state index contributed by atoms with van der Waals surface area (Å²) in [7, 11) is 0. The lowest BCUT2D eigenvalue weighted by Gasteiger charge is -2.17. The predicted molar refractivity (Wildman–Crippen MR) is 59.5 cm³/mol. The SMILES string of the molecule is O=C(c1c(F)cc(OC(F)F)cc1F)N1CC[C@@H](O)C1. The number of amides is 1. The Labute approximate surface area is 111 Å². The Morgan fingerprint density at radius 2 is 1.95 bits per heavy atom. The van der Waals surface area contributed by atoms with Gasteiger partial charge in [0, 0.05) is 25.2 Å². The highest BCUT2D eigenvalue weighted by Gasteiger charge is 2.29. The van der Waals surface area contributed by atoms with Crippen molar-refractivity contribution in [1.29, 1.82) is 0 Å². The summed E-state index contributed by atoms with van der Waals surface area (Å²) < 4.78 is 55.2. The molecule has 1 aromatic carbocycles. The van der Waals surface area contributed by atoms with Gasteiger partial charge in [-0.1, -0.05) is 0 Å². The molecule has 1 aromatic rings. The third-order valence-electron chi connectivity index (χ3n) is 2.91. The van der Waals surface area contributed by atoms with Crippen LogP contribution in [0.5, 0.6) is 5.75 Å². The van der Waals surface area contributed by atoms with E-state index >= 15 is 0 Å². The van der Waals surface area contributed by atoms with Crippen molar-refractivity contribution in [3.05, 3.63) is 29.3 Å².